The van der Waals surface area contributed by atoms with E-state index in [1.165, 1.54) is 12.8 Å². The summed E-state index contributed by atoms with van der Waals surface area (Å²) in [6.45, 7) is 4.99. The summed E-state index contributed by atoms with van der Waals surface area (Å²) in [6.07, 6.45) is 9.37. The van der Waals surface area contributed by atoms with Crippen molar-refractivity contribution >= 4 is 16.9 Å². The Hall–Kier alpha value is -2.56. The minimum Gasteiger partial charge on any atom is -0.357 e. The molecule has 126 valence electrons. The SMILES string of the molecule is CC1CC1.CCCNC(=O)c1cc(-c2ccnc3[nH]ccc23)c[nH]1. The van der Waals surface area contributed by atoms with Crippen LogP contribution in [0.3, 0.4) is 0 Å². The lowest BCUT2D eigenvalue weighted by atomic mass is 10.1. The van der Waals surface area contributed by atoms with Crippen LogP contribution >= 0.6 is 0 Å². The number of hydrogen-bond acceptors (Lipinski definition) is 2. The zero-order valence-corrected chi connectivity index (χ0v) is 14.2. The molecule has 0 atom stereocenters. The van der Waals surface area contributed by atoms with Crippen molar-refractivity contribution in [2.45, 2.75) is 33.1 Å². The van der Waals surface area contributed by atoms with Crippen LogP contribution in [0.15, 0.2) is 36.8 Å². The Bertz CT molecular complexity index is 814. The van der Waals surface area contributed by atoms with Gasteiger partial charge in [-0.15, -0.1) is 0 Å². The highest BCUT2D eigenvalue weighted by Gasteiger charge is 2.13. The molecule has 4 rings (SSSR count). The molecule has 0 spiro atoms. The second-order valence-electron chi connectivity index (χ2n) is 6.34. The van der Waals surface area contributed by atoms with Crippen LogP contribution in [0.4, 0.5) is 0 Å². The third-order valence-electron chi connectivity index (χ3n) is 4.10. The molecule has 1 saturated carbocycles. The van der Waals surface area contributed by atoms with Gasteiger partial charge < -0.3 is 15.3 Å². The summed E-state index contributed by atoms with van der Waals surface area (Å²) in [5.74, 6) is 1.01. The van der Waals surface area contributed by atoms with Gasteiger partial charge in [0.15, 0.2) is 0 Å². The van der Waals surface area contributed by atoms with Crippen LogP contribution in [-0.2, 0) is 0 Å². The van der Waals surface area contributed by atoms with Crippen molar-refractivity contribution in [3.8, 4) is 11.1 Å². The Balaban J connectivity index is 0.000000370. The Labute approximate surface area is 141 Å². The summed E-state index contributed by atoms with van der Waals surface area (Å²) in [5.41, 5.74) is 3.47. The standard InChI is InChI=1S/C15H16N4O.C4H8/c1-2-5-18-15(20)13-8-10(9-19-13)11-3-6-16-14-12(11)4-7-17-14;1-4-2-3-4/h3-4,6-9,19H,2,5H2,1H3,(H,16,17)(H,18,20);4H,2-3H2,1H3. The number of pyridine rings is 1. The maximum atomic E-state index is 11.9. The van der Waals surface area contributed by atoms with Gasteiger partial charge in [0.2, 0.25) is 0 Å². The molecule has 1 aliphatic carbocycles. The quantitative estimate of drug-likeness (QED) is 0.675. The highest BCUT2D eigenvalue weighted by molar-refractivity contribution is 5.97. The lowest BCUT2D eigenvalue weighted by molar-refractivity contribution is 0.0949. The van der Waals surface area contributed by atoms with E-state index >= 15 is 0 Å². The Morgan fingerprint density at radius 2 is 2.12 bits per heavy atom. The Kier molecular flexibility index (Phi) is 4.99. The van der Waals surface area contributed by atoms with Gasteiger partial charge in [-0.3, -0.25) is 4.79 Å². The van der Waals surface area contributed by atoms with Crippen molar-refractivity contribution in [3.05, 3.63) is 42.5 Å². The molecule has 3 aromatic rings. The number of carbonyl (C=O) groups excluding carboxylic acids is 1. The number of H-pyrrole nitrogens is 2. The van der Waals surface area contributed by atoms with E-state index in [1.807, 2.05) is 37.5 Å². The third kappa shape index (κ3) is 3.85. The Morgan fingerprint density at radius 1 is 1.33 bits per heavy atom. The molecule has 0 aromatic carbocycles. The number of aromatic amines is 2. The highest BCUT2D eigenvalue weighted by atomic mass is 16.1. The van der Waals surface area contributed by atoms with Crippen molar-refractivity contribution in [2.24, 2.45) is 5.92 Å². The molecule has 1 amide bonds. The third-order valence-corrected chi connectivity index (χ3v) is 4.10. The maximum absolute atomic E-state index is 11.9. The van der Waals surface area contributed by atoms with Gasteiger partial charge in [0, 0.05) is 36.1 Å². The number of carbonyl (C=O) groups is 1. The summed E-state index contributed by atoms with van der Waals surface area (Å²) < 4.78 is 0. The number of nitrogens with zero attached hydrogens (tertiary/aromatic N) is 1. The van der Waals surface area contributed by atoms with E-state index in [9.17, 15) is 4.79 Å². The van der Waals surface area contributed by atoms with Crippen LogP contribution in [-0.4, -0.2) is 27.4 Å². The normalized spacial score (nSPS) is 13.4. The van der Waals surface area contributed by atoms with Crippen LogP contribution in [0.2, 0.25) is 0 Å². The topological polar surface area (TPSA) is 73.6 Å². The molecule has 5 heteroatoms. The predicted octanol–water partition coefficient (Wildman–Crippen LogP) is 4.11. The van der Waals surface area contributed by atoms with E-state index in [0.717, 1.165) is 34.5 Å². The summed E-state index contributed by atoms with van der Waals surface area (Å²) >= 11 is 0. The van der Waals surface area contributed by atoms with E-state index in [0.29, 0.717) is 12.2 Å². The largest absolute Gasteiger partial charge is 0.357 e. The zero-order chi connectivity index (χ0) is 16.9. The molecule has 3 heterocycles. The second-order valence-corrected chi connectivity index (χ2v) is 6.34. The minimum absolute atomic E-state index is 0.0718. The van der Waals surface area contributed by atoms with Crippen LogP contribution in [0.5, 0.6) is 0 Å². The molecule has 3 N–H and O–H groups in total. The van der Waals surface area contributed by atoms with Crippen molar-refractivity contribution in [2.75, 3.05) is 6.54 Å². The molecule has 1 aliphatic rings. The molecular formula is C19H24N4O. The highest BCUT2D eigenvalue weighted by Crippen LogP contribution is 2.27. The predicted molar refractivity (Wildman–Crippen MR) is 96.9 cm³/mol. The van der Waals surface area contributed by atoms with Crippen LogP contribution < -0.4 is 5.32 Å². The smallest absolute Gasteiger partial charge is 0.267 e. The molecule has 1 fully saturated rings. The van der Waals surface area contributed by atoms with Gasteiger partial charge >= 0.3 is 0 Å². The average molecular weight is 324 g/mol. The number of rotatable bonds is 4. The van der Waals surface area contributed by atoms with E-state index < -0.39 is 0 Å². The van der Waals surface area contributed by atoms with Crippen LogP contribution in [0, 0.1) is 5.92 Å². The van der Waals surface area contributed by atoms with Gasteiger partial charge in [-0.05, 0) is 36.1 Å². The van der Waals surface area contributed by atoms with Gasteiger partial charge in [-0.2, -0.15) is 0 Å². The van der Waals surface area contributed by atoms with E-state index in [4.69, 9.17) is 0 Å². The van der Waals surface area contributed by atoms with Gasteiger partial charge in [-0.25, -0.2) is 4.98 Å². The fourth-order valence-corrected chi connectivity index (χ4v) is 2.39. The van der Waals surface area contributed by atoms with Crippen LogP contribution in [0.1, 0.15) is 43.6 Å². The minimum atomic E-state index is -0.0718. The van der Waals surface area contributed by atoms with Crippen molar-refractivity contribution < 1.29 is 4.79 Å². The number of nitrogens with one attached hydrogen (secondary N) is 3. The van der Waals surface area contributed by atoms with Crippen molar-refractivity contribution in [1.29, 1.82) is 0 Å². The van der Waals surface area contributed by atoms with Gasteiger partial charge in [0.25, 0.3) is 5.91 Å². The first kappa shape index (κ1) is 16.3. The second kappa shape index (κ2) is 7.34. The summed E-state index contributed by atoms with van der Waals surface area (Å²) in [7, 11) is 0. The first-order valence-corrected chi connectivity index (χ1v) is 8.58. The molecule has 0 saturated heterocycles. The van der Waals surface area contributed by atoms with E-state index in [1.54, 1.807) is 6.20 Å². The molecule has 0 unspecified atom stereocenters. The molecule has 3 aromatic heterocycles. The fourth-order valence-electron chi connectivity index (χ4n) is 2.39. The van der Waals surface area contributed by atoms with Gasteiger partial charge in [-0.1, -0.05) is 26.7 Å². The number of aromatic nitrogens is 3. The first-order valence-electron chi connectivity index (χ1n) is 8.58. The molecule has 24 heavy (non-hydrogen) atoms. The summed E-state index contributed by atoms with van der Waals surface area (Å²) in [5, 5.41) is 3.91. The number of hydrogen-bond donors (Lipinski definition) is 3. The summed E-state index contributed by atoms with van der Waals surface area (Å²) in [4.78, 5) is 22.3. The van der Waals surface area contributed by atoms with Crippen molar-refractivity contribution in [1.82, 2.24) is 20.3 Å². The van der Waals surface area contributed by atoms with Crippen molar-refractivity contribution in [3.63, 3.8) is 0 Å². The average Bonchev–Trinajstić information content (AvgIpc) is 3.09. The lowest BCUT2D eigenvalue weighted by Gasteiger charge is -2.00. The first-order chi connectivity index (χ1) is 11.7. The molecule has 0 aliphatic heterocycles. The molecule has 5 nitrogen and oxygen atoms in total. The number of fused-ring (bicyclic) bond motifs is 1. The fraction of sp³-hybridized carbons (Fsp3) is 0.368. The van der Waals surface area contributed by atoms with E-state index in [2.05, 4.69) is 27.2 Å². The van der Waals surface area contributed by atoms with Gasteiger partial charge in [0.1, 0.15) is 11.3 Å². The maximum Gasteiger partial charge on any atom is 0.267 e. The lowest BCUT2D eigenvalue weighted by Crippen LogP contribution is -2.24. The number of amides is 1. The van der Waals surface area contributed by atoms with Gasteiger partial charge in [0.05, 0.1) is 0 Å². The Morgan fingerprint density at radius 3 is 2.83 bits per heavy atom. The monoisotopic (exact) mass is 324 g/mol. The van der Waals surface area contributed by atoms with E-state index in [-0.39, 0.29) is 5.91 Å². The molecule has 0 bridgehead atoms. The molecular weight excluding hydrogens is 300 g/mol. The summed E-state index contributed by atoms with van der Waals surface area (Å²) in [6, 6.07) is 5.81. The molecule has 0 radical (unpaired) electrons. The zero-order valence-electron chi connectivity index (χ0n) is 14.2. The van der Waals surface area contributed by atoms with Crippen LogP contribution in [0.25, 0.3) is 22.2 Å².